The third-order valence-corrected chi connectivity index (χ3v) is 3.70. The topological polar surface area (TPSA) is 30.5 Å². The van der Waals surface area contributed by atoms with Crippen LogP contribution in [0.1, 0.15) is 38.3 Å². The van der Waals surface area contributed by atoms with E-state index >= 15 is 0 Å². The molecule has 0 radical (unpaired) electrons. The molecule has 0 spiro atoms. The summed E-state index contributed by atoms with van der Waals surface area (Å²) in [6.07, 6.45) is -2.57. The van der Waals surface area contributed by atoms with Crippen molar-refractivity contribution in [2.24, 2.45) is 0 Å². The van der Waals surface area contributed by atoms with Gasteiger partial charge in [0.2, 0.25) is 0 Å². The standard InChI is InChI=1S/C15H20F3NO2/c1-11(19-10-14(2)8-3-9-20-14)12-4-6-13(7-5-12)21-15(16,17)18/h4-7,11,19H,3,8-10H2,1-2H3. The number of rotatable bonds is 5. The van der Waals surface area contributed by atoms with Crippen LogP contribution in [0.2, 0.25) is 0 Å². The van der Waals surface area contributed by atoms with Crippen molar-refractivity contribution in [2.75, 3.05) is 13.2 Å². The average Bonchev–Trinajstić information content (AvgIpc) is 2.82. The van der Waals surface area contributed by atoms with Crippen LogP contribution >= 0.6 is 0 Å². The predicted octanol–water partition coefficient (Wildman–Crippen LogP) is 3.80. The number of benzene rings is 1. The van der Waals surface area contributed by atoms with Crippen LogP contribution in [0.15, 0.2) is 24.3 Å². The van der Waals surface area contributed by atoms with Gasteiger partial charge < -0.3 is 14.8 Å². The maximum absolute atomic E-state index is 12.1. The van der Waals surface area contributed by atoms with E-state index in [1.54, 1.807) is 12.1 Å². The number of hydrogen-bond acceptors (Lipinski definition) is 3. The second-order valence-corrected chi connectivity index (χ2v) is 5.62. The molecule has 1 aliphatic rings. The van der Waals surface area contributed by atoms with E-state index in [9.17, 15) is 13.2 Å². The lowest BCUT2D eigenvalue weighted by Gasteiger charge is -2.26. The molecule has 2 unspecified atom stereocenters. The molecule has 1 heterocycles. The highest BCUT2D eigenvalue weighted by molar-refractivity contribution is 5.29. The van der Waals surface area contributed by atoms with Gasteiger partial charge in [-0.1, -0.05) is 12.1 Å². The van der Waals surface area contributed by atoms with Gasteiger partial charge in [0.1, 0.15) is 5.75 Å². The summed E-state index contributed by atoms with van der Waals surface area (Å²) in [6.45, 7) is 5.54. The lowest BCUT2D eigenvalue weighted by molar-refractivity contribution is -0.274. The first kappa shape index (κ1) is 16.1. The molecule has 1 aromatic carbocycles. The van der Waals surface area contributed by atoms with Gasteiger partial charge in [-0.05, 0) is 44.4 Å². The minimum absolute atomic E-state index is 0.0333. The van der Waals surface area contributed by atoms with Crippen LogP contribution in [0, 0.1) is 0 Å². The molecule has 1 N–H and O–H groups in total. The number of alkyl halides is 3. The second-order valence-electron chi connectivity index (χ2n) is 5.62. The zero-order valence-electron chi connectivity index (χ0n) is 12.2. The van der Waals surface area contributed by atoms with Crippen molar-refractivity contribution in [3.05, 3.63) is 29.8 Å². The van der Waals surface area contributed by atoms with Gasteiger partial charge in [-0.2, -0.15) is 0 Å². The number of ether oxygens (including phenoxy) is 2. The van der Waals surface area contributed by atoms with E-state index in [1.807, 2.05) is 6.92 Å². The molecule has 6 heteroatoms. The molecule has 1 aromatic rings. The number of nitrogens with one attached hydrogen (secondary N) is 1. The number of halogens is 3. The molecule has 3 nitrogen and oxygen atoms in total. The fourth-order valence-corrected chi connectivity index (χ4v) is 2.42. The molecule has 21 heavy (non-hydrogen) atoms. The SMILES string of the molecule is CC(NCC1(C)CCCO1)c1ccc(OC(F)(F)F)cc1. The van der Waals surface area contributed by atoms with E-state index < -0.39 is 6.36 Å². The Morgan fingerprint density at radius 1 is 1.33 bits per heavy atom. The van der Waals surface area contributed by atoms with Gasteiger partial charge in [-0.3, -0.25) is 0 Å². The van der Waals surface area contributed by atoms with Crippen molar-refractivity contribution in [2.45, 2.75) is 44.7 Å². The molecule has 0 bridgehead atoms. The van der Waals surface area contributed by atoms with Crippen molar-refractivity contribution in [1.29, 1.82) is 0 Å². The maximum atomic E-state index is 12.1. The first-order chi connectivity index (χ1) is 9.77. The van der Waals surface area contributed by atoms with Crippen molar-refractivity contribution in [1.82, 2.24) is 5.32 Å². The fourth-order valence-electron chi connectivity index (χ4n) is 2.42. The smallest absolute Gasteiger partial charge is 0.406 e. The third kappa shape index (κ3) is 4.89. The number of hydrogen-bond donors (Lipinski definition) is 1. The second kappa shape index (κ2) is 6.23. The summed E-state index contributed by atoms with van der Waals surface area (Å²) in [6, 6.07) is 5.96. The Bertz CT molecular complexity index is 453. The summed E-state index contributed by atoms with van der Waals surface area (Å²) in [5.74, 6) is -0.204. The Labute approximate surface area is 122 Å². The van der Waals surface area contributed by atoms with Crippen molar-refractivity contribution in [3.63, 3.8) is 0 Å². The van der Waals surface area contributed by atoms with Gasteiger partial charge >= 0.3 is 6.36 Å². The summed E-state index contributed by atoms with van der Waals surface area (Å²) in [7, 11) is 0. The molecule has 1 fully saturated rings. The van der Waals surface area contributed by atoms with E-state index in [0.717, 1.165) is 31.6 Å². The van der Waals surface area contributed by atoms with E-state index in [2.05, 4.69) is 17.0 Å². The van der Waals surface area contributed by atoms with Crippen molar-refractivity contribution in [3.8, 4) is 5.75 Å². The van der Waals surface area contributed by atoms with Crippen LogP contribution in [0.25, 0.3) is 0 Å². The van der Waals surface area contributed by atoms with E-state index in [0.29, 0.717) is 0 Å². The van der Waals surface area contributed by atoms with Crippen LogP contribution < -0.4 is 10.1 Å². The van der Waals surface area contributed by atoms with E-state index in [-0.39, 0.29) is 17.4 Å². The molecule has 0 aliphatic carbocycles. The van der Waals surface area contributed by atoms with Gasteiger partial charge in [-0.15, -0.1) is 13.2 Å². The molecule has 0 amide bonds. The largest absolute Gasteiger partial charge is 0.573 e. The molecular weight excluding hydrogens is 283 g/mol. The Balaban J connectivity index is 1.89. The highest BCUT2D eigenvalue weighted by atomic mass is 19.4. The third-order valence-electron chi connectivity index (χ3n) is 3.70. The average molecular weight is 303 g/mol. The van der Waals surface area contributed by atoms with Crippen LogP contribution in [-0.2, 0) is 4.74 Å². The van der Waals surface area contributed by atoms with Crippen LogP contribution in [-0.4, -0.2) is 25.1 Å². The first-order valence-corrected chi connectivity index (χ1v) is 7.00. The molecule has 1 aliphatic heterocycles. The Kier molecular flexibility index (Phi) is 4.78. The molecule has 2 rings (SSSR count). The molecule has 0 aromatic heterocycles. The minimum Gasteiger partial charge on any atom is -0.406 e. The predicted molar refractivity (Wildman–Crippen MR) is 73.1 cm³/mol. The Morgan fingerprint density at radius 3 is 2.52 bits per heavy atom. The Morgan fingerprint density at radius 2 is 2.00 bits per heavy atom. The molecule has 118 valence electrons. The lowest BCUT2D eigenvalue weighted by atomic mass is 10.0. The summed E-state index contributed by atoms with van der Waals surface area (Å²) in [5, 5.41) is 3.36. The van der Waals surface area contributed by atoms with E-state index in [4.69, 9.17) is 4.74 Å². The van der Waals surface area contributed by atoms with Gasteiger partial charge in [0, 0.05) is 19.2 Å². The Hall–Kier alpha value is -1.27. The van der Waals surface area contributed by atoms with Crippen LogP contribution in [0.5, 0.6) is 5.75 Å². The molecule has 2 atom stereocenters. The first-order valence-electron chi connectivity index (χ1n) is 7.00. The monoisotopic (exact) mass is 303 g/mol. The zero-order chi connectivity index (χ0) is 15.5. The highest BCUT2D eigenvalue weighted by Crippen LogP contribution is 2.26. The fraction of sp³-hybridized carbons (Fsp3) is 0.600. The highest BCUT2D eigenvalue weighted by Gasteiger charge is 2.31. The summed E-state index contributed by atoms with van der Waals surface area (Å²) in [4.78, 5) is 0. The van der Waals surface area contributed by atoms with Gasteiger partial charge in [0.25, 0.3) is 0 Å². The molecule has 0 saturated carbocycles. The summed E-state index contributed by atoms with van der Waals surface area (Å²) >= 11 is 0. The van der Waals surface area contributed by atoms with Gasteiger partial charge in [0.15, 0.2) is 0 Å². The van der Waals surface area contributed by atoms with E-state index in [1.165, 1.54) is 12.1 Å². The minimum atomic E-state index is -4.65. The van der Waals surface area contributed by atoms with Gasteiger partial charge in [0.05, 0.1) is 5.60 Å². The quantitative estimate of drug-likeness (QED) is 0.897. The summed E-state index contributed by atoms with van der Waals surface area (Å²) < 4.78 is 45.8. The zero-order valence-corrected chi connectivity index (χ0v) is 12.2. The van der Waals surface area contributed by atoms with Crippen LogP contribution in [0.3, 0.4) is 0 Å². The van der Waals surface area contributed by atoms with Crippen molar-refractivity contribution >= 4 is 0 Å². The lowest BCUT2D eigenvalue weighted by Crippen LogP contribution is -2.38. The maximum Gasteiger partial charge on any atom is 0.573 e. The molecular formula is C15H20F3NO2. The van der Waals surface area contributed by atoms with Gasteiger partial charge in [-0.25, -0.2) is 0 Å². The van der Waals surface area contributed by atoms with Crippen LogP contribution in [0.4, 0.5) is 13.2 Å². The van der Waals surface area contributed by atoms with Crippen molar-refractivity contribution < 1.29 is 22.6 Å². The normalized spacial score (nSPS) is 24.0. The summed E-state index contributed by atoms with van der Waals surface area (Å²) in [5.41, 5.74) is 0.763. The molecule has 1 saturated heterocycles.